The lowest BCUT2D eigenvalue weighted by molar-refractivity contribution is 0.0957. The Morgan fingerprint density at radius 2 is 1.95 bits per heavy atom. The molecule has 0 fully saturated rings. The molecule has 0 heterocycles. The van der Waals surface area contributed by atoms with Gasteiger partial charge in [0.1, 0.15) is 5.75 Å². The summed E-state index contributed by atoms with van der Waals surface area (Å²) in [5.74, 6) is 0.702. The number of Topliss-reactive ketones (excluding diaryl/α,β-unsaturated/α-hetero) is 1. The number of halogens is 2. The quantitative estimate of drug-likeness (QED) is 0.696. The summed E-state index contributed by atoms with van der Waals surface area (Å²) in [6.45, 7) is 0. The van der Waals surface area contributed by atoms with Gasteiger partial charge in [-0.05, 0) is 60.7 Å². The Balaban J connectivity index is 2.02. The van der Waals surface area contributed by atoms with Gasteiger partial charge >= 0.3 is 0 Å². The normalized spacial score (nSPS) is 17.8. The number of fused-ring (bicyclic) bond motifs is 1. The topological polar surface area (TPSA) is 26.3 Å². The maximum Gasteiger partial charge on any atom is 0.170 e. The molecule has 4 heteroatoms. The third-order valence-electron chi connectivity index (χ3n) is 4.17. The maximum atomic E-state index is 12.9. The Labute approximate surface area is 140 Å². The second kappa shape index (κ2) is 6.31. The van der Waals surface area contributed by atoms with E-state index in [0.29, 0.717) is 10.0 Å². The number of hydrogen-bond donors (Lipinski definition) is 0. The van der Waals surface area contributed by atoms with E-state index in [9.17, 15) is 4.79 Å². The fourth-order valence-corrected chi connectivity index (χ4v) is 3.58. The van der Waals surface area contributed by atoms with Crippen molar-refractivity contribution in [1.29, 1.82) is 0 Å². The van der Waals surface area contributed by atoms with Gasteiger partial charge in [-0.1, -0.05) is 29.3 Å². The average molecular weight is 335 g/mol. The molecule has 0 aromatic heterocycles. The summed E-state index contributed by atoms with van der Waals surface area (Å²) in [7, 11) is 1.64. The Morgan fingerprint density at radius 1 is 1.14 bits per heavy atom. The van der Waals surface area contributed by atoms with Gasteiger partial charge in [0.25, 0.3) is 0 Å². The van der Waals surface area contributed by atoms with Crippen molar-refractivity contribution in [2.45, 2.75) is 25.2 Å². The highest BCUT2D eigenvalue weighted by molar-refractivity contribution is 6.35. The molecule has 0 radical (unpaired) electrons. The van der Waals surface area contributed by atoms with Crippen molar-refractivity contribution in [1.82, 2.24) is 0 Å². The van der Waals surface area contributed by atoms with E-state index in [4.69, 9.17) is 27.9 Å². The zero-order valence-corrected chi connectivity index (χ0v) is 13.7. The predicted molar refractivity (Wildman–Crippen MR) is 89.5 cm³/mol. The first kappa shape index (κ1) is 15.4. The minimum Gasteiger partial charge on any atom is -0.497 e. The van der Waals surface area contributed by atoms with Crippen molar-refractivity contribution in [3.63, 3.8) is 0 Å². The van der Waals surface area contributed by atoms with Crippen LogP contribution in [0.25, 0.3) is 0 Å². The van der Waals surface area contributed by atoms with Crippen molar-refractivity contribution in [3.8, 4) is 5.75 Å². The minimum absolute atomic E-state index is 0.124. The monoisotopic (exact) mass is 334 g/mol. The summed E-state index contributed by atoms with van der Waals surface area (Å²) in [6, 6.07) is 11.0. The molecule has 1 aliphatic carbocycles. The van der Waals surface area contributed by atoms with Crippen LogP contribution >= 0.6 is 23.2 Å². The molecule has 22 heavy (non-hydrogen) atoms. The van der Waals surface area contributed by atoms with Crippen LogP contribution in [0.2, 0.25) is 10.0 Å². The molecular weight excluding hydrogens is 319 g/mol. The molecule has 0 bridgehead atoms. The highest BCUT2D eigenvalue weighted by Gasteiger charge is 2.28. The molecule has 0 spiro atoms. The zero-order valence-electron chi connectivity index (χ0n) is 12.2. The molecule has 1 aliphatic rings. The van der Waals surface area contributed by atoms with Crippen LogP contribution in [0.5, 0.6) is 5.75 Å². The standard InChI is InChI=1S/C18H16Cl2O2/c1-22-13-6-8-14-11(9-13)3-2-4-16(18(14)21)15-7-5-12(19)10-17(15)20/h5-10,16H,2-4H2,1H3. The molecule has 114 valence electrons. The van der Waals surface area contributed by atoms with Crippen LogP contribution in [-0.4, -0.2) is 12.9 Å². The van der Waals surface area contributed by atoms with Gasteiger partial charge in [-0.3, -0.25) is 4.79 Å². The number of ether oxygens (including phenoxy) is 1. The van der Waals surface area contributed by atoms with E-state index in [1.165, 1.54) is 0 Å². The fourth-order valence-electron chi connectivity index (χ4n) is 3.04. The summed E-state index contributed by atoms with van der Waals surface area (Å²) >= 11 is 12.3. The van der Waals surface area contributed by atoms with Crippen molar-refractivity contribution in [2.24, 2.45) is 0 Å². The van der Waals surface area contributed by atoms with Crippen LogP contribution in [-0.2, 0) is 6.42 Å². The van der Waals surface area contributed by atoms with Crippen LogP contribution in [0, 0.1) is 0 Å². The van der Waals surface area contributed by atoms with Crippen LogP contribution in [0.4, 0.5) is 0 Å². The maximum absolute atomic E-state index is 12.9. The number of carbonyl (C=O) groups is 1. The number of rotatable bonds is 2. The lowest BCUT2D eigenvalue weighted by Gasteiger charge is -2.16. The van der Waals surface area contributed by atoms with Gasteiger partial charge in [-0.15, -0.1) is 0 Å². The molecule has 2 aromatic carbocycles. The first-order valence-corrected chi connectivity index (χ1v) is 8.02. The molecule has 0 amide bonds. The largest absolute Gasteiger partial charge is 0.497 e. The molecule has 0 saturated heterocycles. The van der Waals surface area contributed by atoms with E-state index in [0.717, 1.165) is 41.7 Å². The number of aryl methyl sites for hydroxylation is 1. The Kier molecular flexibility index (Phi) is 4.42. The lowest BCUT2D eigenvalue weighted by atomic mass is 9.88. The molecule has 0 N–H and O–H groups in total. The van der Waals surface area contributed by atoms with Gasteiger partial charge in [-0.25, -0.2) is 0 Å². The lowest BCUT2D eigenvalue weighted by Crippen LogP contribution is -2.13. The van der Waals surface area contributed by atoms with Crippen LogP contribution < -0.4 is 4.74 Å². The summed E-state index contributed by atoms with van der Waals surface area (Å²) in [6.07, 6.45) is 2.60. The minimum atomic E-state index is -0.209. The van der Waals surface area contributed by atoms with Crippen LogP contribution in [0.15, 0.2) is 36.4 Å². The number of hydrogen-bond acceptors (Lipinski definition) is 2. The molecule has 0 saturated carbocycles. The summed E-state index contributed by atoms with van der Waals surface area (Å²) in [5.41, 5.74) is 2.69. The Bertz CT molecular complexity index is 725. The first-order chi connectivity index (χ1) is 10.6. The van der Waals surface area contributed by atoms with Gasteiger partial charge < -0.3 is 4.74 Å². The molecular formula is C18H16Cl2O2. The Morgan fingerprint density at radius 3 is 2.68 bits per heavy atom. The first-order valence-electron chi connectivity index (χ1n) is 7.26. The van der Waals surface area contributed by atoms with Crippen molar-refractivity contribution in [3.05, 3.63) is 63.1 Å². The molecule has 2 nitrogen and oxygen atoms in total. The average Bonchev–Trinajstić information content (AvgIpc) is 2.66. The fraction of sp³-hybridized carbons (Fsp3) is 0.278. The van der Waals surface area contributed by atoms with Gasteiger partial charge in [0.15, 0.2) is 5.78 Å². The van der Waals surface area contributed by atoms with E-state index >= 15 is 0 Å². The van der Waals surface area contributed by atoms with E-state index in [-0.39, 0.29) is 11.7 Å². The predicted octanol–water partition coefficient (Wildman–Crippen LogP) is 5.30. The van der Waals surface area contributed by atoms with Crippen molar-refractivity contribution in [2.75, 3.05) is 7.11 Å². The number of ketones is 1. The summed E-state index contributed by atoms with van der Waals surface area (Å²) in [5, 5.41) is 1.14. The van der Waals surface area contributed by atoms with Crippen LogP contribution in [0.3, 0.4) is 0 Å². The number of carbonyl (C=O) groups excluding carboxylic acids is 1. The van der Waals surface area contributed by atoms with E-state index in [1.807, 2.05) is 24.3 Å². The van der Waals surface area contributed by atoms with E-state index in [1.54, 1.807) is 19.2 Å². The van der Waals surface area contributed by atoms with Gasteiger partial charge in [0, 0.05) is 21.5 Å². The summed E-state index contributed by atoms with van der Waals surface area (Å²) in [4.78, 5) is 12.9. The highest BCUT2D eigenvalue weighted by atomic mass is 35.5. The summed E-state index contributed by atoms with van der Waals surface area (Å²) < 4.78 is 5.25. The highest BCUT2D eigenvalue weighted by Crippen LogP contribution is 2.36. The van der Waals surface area contributed by atoms with E-state index in [2.05, 4.69) is 0 Å². The van der Waals surface area contributed by atoms with Crippen molar-refractivity contribution < 1.29 is 9.53 Å². The van der Waals surface area contributed by atoms with Gasteiger partial charge in [-0.2, -0.15) is 0 Å². The van der Waals surface area contributed by atoms with Crippen LogP contribution in [0.1, 0.15) is 40.2 Å². The molecule has 2 aromatic rings. The third-order valence-corrected chi connectivity index (χ3v) is 4.73. The van der Waals surface area contributed by atoms with Crippen molar-refractivity contribution >= 4 is 29.0 Å². The molecule has 0 aliphatic heterocycles. The number of methoxy groups -OCH3 is 1. The zero-order chi connectivity index (χ0) is 15.7. The number of benzene rings is 2. The smallest absolute Gasteiger partial charge is 0.170 e. The third kappa shape index (κ3) is 2.86. The second-order valence-electron chi connectivity index (χ2n) is 5.50. The second-order valence-corrected chi connectivity index (χ2v) is 6.34. The molecule has 1 unspecified atom stereocenters. The Hall–Kier alpha value is -1.51. The van der Waals surface area contributed by atoms with E-state index < -0.39 is 0 Å². The van der Waals surface area contributed by atoms with Gasteiger partial charge in [0.05, 0.1) is 7.11 Å². The SMILES string of the molecule is COc1ccc2c(c1)CCCC(c1ccc(Cl)cc1Cl)C2=O. The molecule has 1 atom stereocenters. The molecule has 3 rings (SSSR count). The van der Waals surface area contributed by atoms with Gasteiger partial charge in [0.2, 0.25) is 0 Å².